The van der Waals surface area contributed by atoms with E-state index in [9.17, 15) is 9.59 Å². The fourth-order valence-corrected chi connectivity index (χ4v) is 3.80. The maximum atomic E-state index is 12.6. The summed E-state index contributed by atoms with van der Waals surface area (Å²) in [6.07, 6.45) is 2.20. The van der Waals surface area contributed by atoms with Crippen molar-refractivity contribution in [2.45, 2.75) is 24.7 Å². The lowest BCUT2D eigenvalue weighted by molar-refractivity contribution is -0.118. The van der Waals surface area contributed by atoms with E-state index in [0.29, 0.717) is 6.42 Å². The Bertz CT molecular complexity index is 733. The molecule has 2 aliphatic rings. The molecule has 0 unspecified atom stereocenters. The van der Waals surface area contributed by atoms with Crippen LogP contribution in [0.3, 0.4) is 0 Å². The fraction of sp³-hybridized carbons (Fsp3) is 0.250. The first kappa shape index (κ1) is 12.6. The Morgan fingerprint density at radius 3 is 2.86 bits per heavy atom. The van der Waals surface area contributed by atoms with Crippen molar-refractivity contribution in [3.8, 4) is 0 Å². The molecule has 0 saturated heterocycles. The molecule has 21 heavy (non-hydrogen) atoms. The number of fused-ring (bicyclic) bond motifs is 1. The number of nitrogens with one attached hydrogen (secondary N) is 2. The summed E-state index contributed by atoms with van der Waals surface area (Å²) in [7, 11) is 0. The van der Waals surface area contributed by atoms with Gasteiger partial charge in [-0.05, 0) is 48.1 Å². The van der Waals surface area contributed by atoms with Gasteiger partial charge in [-0.2, -0.15) is 0 Å². The summed E-state index contributed by atoms with van der Waals surface area (Å²) in [5.74, 6) is 0.0629. The van der Waals surface area contributed by atoms with Crippen molar-refractivity contribution in [3.63, 3.8) is 0 Å². The van der Waals surface area contributed by atoms with Gasteiger partial charge in [-0.15, -0.1) is 11.3 Å². The van der Waals surface area contributed by atoms with Crippen LogP contribution in [0, 0.1) is 0 Å². The van der Waals surface area contributed by atoms with E-state index in [2.05, 4.69) is 10.6 Å². The zero-order valence-corrected chi connectivity index (χ0v) is 12.1. The summed E-state index contributed by atoms with van der Waals surface area (Å²) < 4.78 is 0. The Labute approximate surface area is 126 Å². The van der Waals surface area contributed by atoms with Crippen LogP contribution in [0.1, 0.15) is 23.3 Å². The summed E-state index contributed by atoms with van der Waals surface area (Å²) in [5.41, 5.74) is 2.22. The second kappa shape index (κ2) is 4.43. The second-order valence-corrected chi connectivity index (χ2v) is 6.56. The van der Waals surface area contributed by atoms with Gasteiger partial charge in [0.1, 0.15) is 0 Å². The van der Waals surface area contributed by atoms with E-state index in [1.54, 1.807) is 11.3 Å². The standard InChI is InChI=1S/C16H14N2O2S/c19-14-9-10-8-11(3-4-12(10)18-14)17-15(20)16(5-6-16)13-2-1-7-21-13/h1-4,7-8H,5-6,9H2,(H,17,20)(H,18,19). The lowest BCUT2D eigenvalue weighted by Gasteiger charge is -2.14. The topological polar surface area (TPSA) is 58.2 Å². The van der Waals surface area contributed by atoms with Crippen molar-refractivity contribution in [1.29, 1.82) is 0 Å². The van der Waals surface area contributed by atoms with Gasteiger partial charge in [0.05, 0.1) is 11.8 Å². The first-order valence-electron chi connectivity index (χ1n) is 6.96. The summed E-state index contributed by atoms with van der Waals surface area (Å²) in [6, 6.07) is 9.59. The third kappa shape index (κ3) is 2.05. The predicted molar refractivity (Wildman–Crippen MR) is 82.6 cm³/mol. The highest BCUT2D eigenvalue weighted by atomic mass is 32.1. The van der Waals surface area contributed by atoms with Crippen LogP contribution in [-0.2, 0) is 21.4 Å². The van der Waals surface area contributed by atoms with Crippen LogP contribution in [0.15, 0.2) is 35.7 Å². The zero-order valence-electron chi connectivity index (χ0n) is 11.3. The molecule has 0 atom stereocenters. The minimum Gasteiger partial charge on any atom is -0.326 e. The molecule has 2 heterocycles. The van der Waals surface area contributed by atoms with Gasteiger partial charge in [0.25, 0.3) is 0 Å². The molecule has 0 bridgehead atoms. The lowest BCUT2D eigenvalue weighted by Crippen LogP contribution is -2.26. The van der Waals surface area contributed by atoms with Crippen LogP contribution < -0.4 is 10.6 Å². The van der Waals surface area contributed by atoms with Crippen molar-refractivity contribution in [1.82, 2.24) is 0 Å². The van der Waals surface area contributed by atoms with Crippen molar-refractivity contribution >= 4 is 34.5 Å². The molecule has 1 aromatic carbocycles. The van der Waals surface area contributed by atoms with E-state index >= 15 is 0 Å². The summed E-state index contributed by atoms with van der Waals surface area (Å²) in [5, 5.41) is 7.81. The van der Waals surface area contributed by atoms with Crippen LogP contribution in [0.4, 0.5) is 11.4 Å². The zero-order chi connectivity index (χ0) is 14.4. The Kier molecular flexibility index (Phi) is 2.65. The van der Waals surface area contributed by atoms with Gasteiger partial charge in [0.15, 0.2) is 0 Å². The van der Waals surface area contributed by atoms with Crippen LogP contribution in [0.5, 0.6) is 0 Å². The molecule has 4 rings (SSSR count). The summed E-state index contributed by atoms with van der Waals surface area (Å²) >= 11 is 1.64. The smallest absolute Gasteiger partial charge is 0.235 e. The quantitative estimate of drug-likeness (QED) is 0.915. The molecule has 1 aliphatic heterocycles. The number of amides is 2. The SMILES string of the molecule is O=C1Cc2cc(NC(=O)C3(c4cccs4)CC3)ccc2N1. The number of anilines is 2. The third-order valence-electron chi connectivity index (χ3n) is 4.17. The van der Waals surface area contributed by atoms with E-state index in [4.69, 9.17) is 0 Å². The van der Waals surface area contributed by atoms with Crippen molar-refractivity contribution < 1.29 is 9.59 Å². The second-order valence-electron chi connectivity index (χ2n) is 5.61. The maximum Gasteiger partial charge on any atom is 0.235 e. The number of carbonyl (C=O) groups is 2. The Morgan fingerprint density at radius 2 is 2.14 bits per heavy atom. The Balaban J connectivity index is 1.56. The van der Waals surface area contributed by atoms with E-state index in [-0.39, 0.29) is 17.2 Å². The molecular weight excluding hydrogens is 284 g/mol. The van der Waals surface area contributed by atoms with Gasteiger partial charge in [-0.3, -0.25) is 9.59 Å². The van der Waals surface area contributed by atoms with Crippen LogP contribution in [0.25, 0.3) is 0 Å². The van der Waals surface area contributed by atoms with Crippen LogP contribution in [0.2, 0.25) is 0 Å². The number of hydrogen-bond donors (Lipinski definition) is 2. The molecule has 2 amide bonds. The fourth-order valence-electron chi connectivity index (χ4n) is 2.82. The molecule has 5 heteroatoms. The van der Waals surface area contributed by atoms with E-state index in [1.807, 2.05) is 35.7 Å². The molecule has 1 aliphatic carbocycles. The molecule has 0 radical (unpaired) electrons. The van der Waals surface area contributed by atoms with Gasteiger partial charge in [0, 0.05) is 16.3 Å². The molecule has 1 saturated carbocycles. The molecule has 1 aromatic heterocycles. The average Bonchev–Trinajstić information content (AvgIpc) is 2.93. The molecule has 1 fully saturated rings. The van der Waals surface area contributed by atoms with Crippen molar-refractivity contribution in [3.05, 3.63) is 46.2 Å². The number of carbonyl (C=O) groups excluding carboxylic acids is 2. The van der Waals surface area contributed by atoms with Gasteiger partial charge in [-0.1, -0.05) is 6.07 Å². The normalized spacial score (nSPS) is 18.0. The van der Waals surface area contributed by atoms with Crippen molar-refractivity contribution in [2.24, 2.45) is 0 Å². The highest BCUT2D eigenvalue weighted by Gasteiger charge is 2.52. The third-order valence-corrected chi connectivity index (χ3v) is 5.24. The van der Waals surface area contributed by atoms with Gasteiger partial charge in [0.2, 0.25) is 11.8 Å². The average molecular weight is 298 g/mol. The minimum absolute atomic E-state index is 0.00530. The minimum atomic E-state index is -0.332. The van der Waals surface area contributed by atoms with E-state index < -0.39 is 0 Å². The van der Waals surface area contributed by atoms with Gasteiger partial charge in [-0.25, -0.2) is 0 Å². The van der Waals surface area contributed by atoms with Crippen molar-refractivity contribution in [2.75, 3.05) is 10.6 Å². The highest BCUT2D eigenvalue weighted by molar-refractivity contribution is 7.10. The largest absolute Gasteiger partial charge is 0.326 e. The molecule has 4 nitrogen and oxygen atoms in total. The van der Waals surface area contributed by atoms with Crippen LogP contribution >= 0.6 is 11.3 Å². The summed E-state index contributed by atoms with van der Waals surface area (Å²) in [4.78, 5) is 25.1. The van der Waals surface area contributed by atoms with Crippen LogP contribution in [-0.4, -0.2) is 11.8 Å². The molecule has 0 spiro atoms. The molecular formula is C16H14N2O2S. The number of hydrogen-bond acceptors (Lipinski definition) is 3. The lowest BCUT2D eigenvalue weighted by atomic mass is 10.0. The molecule has 2 N–H and O–H groups in total. The Hall–Kier alpha value is -2.14. The number of benzene rings is 1. The molecule has 106 valence electrons. The number of rotatable bonds is 3. The van der Waals surface area contributed by atoms with Gasteiger partial charge >= 0.3 is 0 Å². The predicted octanol–water partition coefficient (Wildman–Crippen LogP) is 2.91. The monoisotopic (exact) mass is 298 g/mol. The summed E-state index contributed by atoms with van der Waals surface area (Å²) in [6.45, 7) is 0. The van der Waals surface area contributed by atoms with Gasteiger partial charge < -0.3 is 10.6 Å². The first-order valence-corrected chi connectivity index (χ1v) is 7.84. The number of thiophene rings is 1. The Morgan fingerprint density at radius 1 is 1.29 bits per heavy atom. The first-order chi connectivity index (χ1) is 10.2. The highest BCUT2D eigenvalue weighted by Crippen LogP contribution is 2.50. The van der Waals surface area contributed by atoms with E-state index in [1.165, 1.54) is 0 Å². The maximum absolute atomic E-state index is 12.6. The van der Waals surface area contributed by atoms with E-state index in [0.717, 1.165) is 34.7 Å². The molecule has 2 aromatic rings.